The average Bonchev–Trinajstić information content (AvgIpc) is 3.79. The van der Waals surface area contributed by atoms with E-state index in [-0.39, 0.29) is 34.5 Å². The maximum Gasteiger partial charge on any atom is 0.388 e. The molecule has 0 unspecified atom stereocenters. The van der Waals surface area contributed by atoms with Gasteiger partial charge in [-0.2, -0.15) is 4.58 Å². The van der Waals surface area contributed by atoms with Crippen LogP contribution in [0.4, 0.5) is 5.88 Å². The van der Waals surface area contributed by atoms with Crippen LogP contribution in [0.15, 0.2) is 32.8 Å². The van der Waals surface area contributed by atoms with E-state index in [0.717, 1.165) is 51.9 Å². The first kappa shape index (κ1) is 41.5. The standard InChI is InChI=1S/C42H70N4O4/c1-5-9-13-17-21-25-29-45(30-26-22-18-14-10-6-2)35-33-43-41(49-35)37-39(47)38(40(37)48)42-44-34-36(50-42)46(31-27-23-19-15-11-7-3)32-28-24-20-16-12-8-4/h33-34H,5-32H2,1-4H3/p+1. The number of rotatable bonds is 30. The van der Waals surface area contributed by atoms with Crippen LogP contribution in [0, 0.1) is 0 Å². The third kappa shape index (κ3) is 14.0. The molecule has 282 valence electrons. The predicted octanol–water partition coefficient (Wildman–Crippen LogP) is 11.5. The van der Waals surface area contributed by atoms with Crippen molar-refractivity contribution in [3.63, 3.8) is 0 Å². The zero-order valence-corrected chi connectivity index (χ0v) is 32.4. The van der Waals surface area contributed by atoms with Gasteiger partial charge in [0, 0.05) is 25.9 Å². The maximum absolute atomic E-state index is 13.4. The zero-order valence-electron chi connectivity index (χ0n) is 32.4. The molecule has 1 aromatic heterocycles. The lowest BCUT2D eigenvalue weighted by molar-refractivity contribution is -0.534. The van der Waals surface area contributed by atoms with Crippen LogP contribution in [0.3, 0.4) is 0 Å². The molecule has 0 spiro atoms. The normalized spacial score (nSPS) is 15.7. The number of carbonyl (C=O) groups excluding carboxylic acids is 1. The van der Waals surface area contributed by atoms with Crippen LogP contribution in [-0.4, -0.2) is 58.7 Å². The Kier molecular flexibility index (Phi) is 20.9. The number of hydrogen-bond donors (Lipinski definition) is 1. The van der Waals surface area contributed by atoms with E-state index in [1.54, 1.807) is 12.4 Å². The van der Waals surface area contributed by atoms with Crippen LogP contribution in [0.1, 0.15) is 188 Å². The van der Waals surface area contributed by atoms with Gasteiger partial charge in [0.15, 0.2) is 0 Å². The quantitative estimate of drug-likeness (QED) is 0.0489. The van der Waals surface area contributed by atoms with Gasteiger partial charge in [-0.3, -0.25) is 4.79 Å². The second-order valence-electron chi connectivity index (χ2n) is 14.5. The van der Waals surface area contributed by atoms with E-state index in [1.807, 2.05) is 0 Å². The van der Waals surface area contributed by atoms with E-state index in [9.17, 15) is 9.90 Å². The highest BCUT2D eigenvalue weighted by Crippen LogP contribution is 2.39. The number of allylic oxidation sites excluding steroid dienone is 2. The van der Waals surface area contributed by atoms with Crippen LogP contribution >= 0.6 is 0 Å². The number of unbranched alkanes of at least 4 members (excludes halogenated alkanes) is 20. The van der Waals surface area contributed by atoms with Crippen molar-refractivity contribution in [3.05, 3.63) is 29.3 Å². The van der Waals surface area contributed by atoms with Gasteiger partial charge in [-0.15, -0.1) is 0 Å². The number of carbonyl (C=O) groups is 1. The summed E-state index contributed by atoms with van der Waals surface area (Å²) in [7, 11) is 0. The first-order chi connectivity index (χ1) is 24.5. The van der Waals surface area contributed by atoms with E-state index >= 15 is 0 Å². The lowest BCUT2D eigenvalue weighted by Gasteiger charge is -2.22. The molecule has 1 N–H and O–H groups in total. The van der Waals surface area contributed by atoms with Gasteiger partial charge in [0.1, 0.15) is 36.2 Å². The van der Waals surface area contributed by atoms with Crippen LogP contribution < -0.4 is 4.90 Å². The van der Waals surface area contributed by atoms with Gasteiger partial charge < -0.3 is 19.2 Å². The number of nitrogens with zero attached hydrogens (tertiary/aromatic N) is 4. The summed E-state index contributed by atoms with van der Waals surface area (Å²) in [5.41, 5.74) is 0.224. The molecule has 0 aromatic carbocycles. The van der Waals surface area contributed by atoms with E-state index in [4.69, 9.17) is 9.15 Å². The Bertz CT molecular complexity index is 1210. The summed E-state index contributed by atoms with van der Waals surface area (Å²) in [5.74, 6) is 1.20. The fourth-order valence-electron chi connectivity index (χ4n) is 6.85. The minimum atomic E-state index is -0.332. The van der Waals surface area contributed by atoms with Crippen molar-refractivity contribution in [2.45, 2.75) is 182 Å². The SMILES string of the molecule is CCCCCCCCN(CCCCCCCC)c1cnc(C2=C(O)/C(=C3\N=CC(=[N+](CCCCCCCC)CCCCCCCC)O3)C2=O)o1. The number of aromatic nitrogens is 1. The summed E-state index contributed by atoms with van der Waals surface area (Å²) in [4.78, 5) is 24.6. The van der Waals surface area contributed by atoms with Gasteiger partial charge in [0.2, 0.25) is 23.4 Å². The molecule has 0 atom stereocenters. The van der Waals surface area contributed by atoms with Gasteiger partial charge in [-0.1, -0.05) is 143 Å². The van der Waals surface area contributed by atoms with Crippen molar-refractivity contribution >= 4 is 29.4 Å². The molecular formula is C42H71N4O4+. The fraction of sp³-hybridized carbons (Fsp3) is 0.762. The lowest BCUT2D eigenvalue weighted by atomic mass is 9.88. The topological polar surface area (TPSA) is 91.2 Å². The molecule has 0 saturated carbocycles. The number of aliphatic imine (C=N–C) groups is 1. The Morgan fingerprint density at radius 1 is 0.640 bits per heavy atom. The van der Waals surface area contributed by atoms with Crippen LogP contribution in [0.5, 0.6) is 0 Å². The van der Waals surface area contributed by atoms with E-state index in [2.05, 4.69) is 47.1 Å². The molecule has 8 heteroatoms. The third-order valence-electron chi connectivity index (χ3n) is 10.1. The molecule has 0 saturated heterocycles. The highest BCUT2D eigenvalue weighted by atomic mass is 16.5. The van der Waals surface area contributed by atoms with E-state index in [1.165, 1.54) is 128 Å². The van der Waals surface area contributed by atoms with Gasteiger partial charge in [0.25, 0.3) is 0 Å². The number of anilines is 1. The zero-order chi connectivity index (χ0) is 35.8. The van der Waals surface area contributed by atoms with Crippen LogP contribution in [-0.2, 0) is 9.53 Å². The minimum absolute atomic E-state index is 0.112. The summed E-state index contributed by atoms with van der Waals surface area (Å²) in [6.45, 7) is 12.6. The van der Waals surface area contributed by atoms with Crippen molar-refractivity contribution in [2.24, 2.45) is 4.99 Å². The molecule has 0 fully saturated rings. The number of ether oxygens (including phenoxy) is 1. The van der Waals surface area contributed by atoms with Crippen molar-refractivity contribution in [3.8, 4) is 0 Å². The number of ketones is 1. The summed E-state index contributed by atoms with van der Waals surface area (Å²) in [5, 5.41) is 11.1. The molecule has 0 bridgehead atoms. The first-order valence-corrected chi connectivity index (χ1v) is 20.8. The molecule has 0 amide bonds. The van der Waals surface area contributed by atoms with Crippen molar-refractivity contribution in [1.82, 2.24) is 4.98 Å². The summed E-state index contributed by atoms with van der Waals surface area (Å²) in [6.07, 6.45) is 33.0. The second kappa shape index (κ2) is 25.1. The van der Waals surface area contributed by atoms with Gasteiger partial charge in [-0.25, -0.2) is 9.98 Å². The Labute approximate surface area is 304 Å². The summed E-state index contributed by atoms with van der Waals surface area (Å²) < 4.78 is 14.6. The highest BCUT2D eigenvalue weighted by Gasteiger charge is 2.43. The molecule has 2 heterocycles. The molecule has 3 rings (SSSR count). The maximum atomic E-state index is 13.4. The summed E-state index contributed by atoms with van der Waals surface area (Å²) >= 11 is 0. The van der Waals surface area contributed by atoms with E-state index in [0.29, 0.717) is 11.8 Å². The molecule has 1 aliphatic heterocycles. The number of oxazole rings is 1. The first-order valence-electron chi connectivity index (χ1n) is 20.8. The molecule has 8 nitrogen and oxygen atoms in total. The molecule has 50 heavy (non-hydrogen) atoms. The fourth-order valence-corrected chi connectivity index (χ4v) is 6.85. The highest BCUT2D eigenvalue weighted by molar-refractivity contribution is 6.39. The molecule has 1 aromatic rings. The molecule has 2 aliphatic rings. The monoisotopic (exact) mass is 696 g/mol. The van der Waals surface area contributed by atoms with Crippen molar-refractivity contribution in [2.75, 3.05) is 31.1 Å². The van der Waals surface area contributed by atoms with Crippen LogP contribution in [0.25, 0.3) is 5.57 Å². The number of aliphatic hydroxyl groups excluding tert-OH is 1. The molecular weight excluding hydrogens is 624 g/mol. The molecule has 0 radical (unpaired) electrons. The van der Waals surface area contributed by atoms with E-state index < -0.39 is 0 Å². The third-order valence-corrected chi connectivity index (χ3v) is 10.1. The number of Topliss-reactive ketones (excluding diaryl/α,β-unsaturated/α-hetero) is 1. The Morgan fingerprint density at radius 2 is 1.10 bits per heavy atom. The molecule has 1 aliphatic carbocycles. The Morgan fingerprint density at radius 3 is 1.58 bits per heavy atom. The van der Waals surface area contributed by atoms with Crippen LogP contribution in [0.2, 0.25) is 0 Å². The van der Waals surface area contributed by atoms with Gasteiger partial charge in [-0.05, 0) is 25.7 Å². The van der Waals surface area contributed by atoms with Crippen molar-refractivity contribution in [1.29, 1.82) is 0 Å². The lowest BCUT2D eigenvalue weighted by Crippen LogP contribution is -2.26. The van der Waals surface area contributed by atoms with Crippen molar-refractivity contribution < 1.29 is 23.6 Å². The Balaban J connectivity index is 1.67. The number of hydrogen-bond acceptors (Lipinski definition) is 7. The van der Waals surface area contributed by atoms with Gasteiger partial charge in [0.05, 0.1) is 6.20 Å². The Hall–Kier alpha value is -2.90. The second-order valence-corrected chi connectivity index (χ2v) is 14.5. The summed E-state index contributed by atoms with van der Waals surface area (Å²) in [6, 6.07) is 0. The largest absolute Gasteiger partial charge is 0.506 e. The van der Waals surface area contributed by atoms with Gasteiger partial charge >= 0.3 is 5.90 Å². The number of aliphatic hydroxyl groups is 1. The average molecular weight is 696 g/mol. The minimum Gasteiger partial charge on any atom is -0.506 e. The predicted molar refractivity (Wildman–Crippen MR) is 208 cm³/mol. The smallest absolute Gasteiger partial charge is 0.388 e.